The first-order chi connectivity index (χ1) is 11.8. The van der Waals surface area contributed by atoms with Gasteiger partial charge in [-0.25, -0.2) is 4.39 Å². The van der Waals surface area contributed by atoms with Crippen LogP contribution < -0.4 is 5.32 Å². The van der Waals surface area contributed by atoms with E-state index in [9.17, 15) is 28.9 Å². The van der Waals surface area contributed by atoms with Crippen molar-refractivity contribution in [3.05, 3.63) is 69.0 Å². The van der Waals surface area contributed by atoms with E-state index >= 15 is 0 Å². The molecule has 2 aromatic carbocycles. The van der Waals surface area contributed by atoms with E-state index in [1.54, 1.807) is 0 Å². The summed E-state index contributed by atoms with van der Waals surface area (Å²) in [7, 11) is 1.33. The topological polar surface area (TPSA) is 110 Å². The number of nitro groups is 1. The minimum atomic E-state index is -0.906. The van der Waals surface area contributed by atoms with Gasteiger partial charge < -0.3 is 5.32 Å². The maximum absolute atomic E-state index is 13.3. The standard InChI is InChI=1S/C16H10FN3O5/c1-19-15(22)10-4-3-9(7-11(10)16(19)23)18-14(21)12-6-8(17)2-5-13(12)20(24)25/h2-7H,1H3,(H,18,21). The normalized spacial score (nSPS) is 13.0. The number of amides is 3. The van der Waals surface area contributed by atoms with Crippen LogP contribution in [0.4, 0.5) is 15.8 Å². The second kappa shape index (κ2) is 5.78. The van der Waals surface area contributed by atoms with Gasteiger partial charge in [-0.1, -0.05) is 0 Å². The number of nitrogens with zero attached hydrogens (tertiary/aromatic N) is 2. The molecule has 0 saturated heterocycles. The third kappa shape index (κ3) is 2.71. The molecule has 1 heterocycles. The van der Waals surface area contributed by atoms with Crippen molar-refractivity contribution in [3.63, 3.8) is 0 Å². The number of carbonyl (C=O) groups is 3. The average molecular weight is 343 g/mol. The molecular formula is C16H10FN3O5. The van der Waals surface area contributed by atoms with Crippen molar-refractivity contribution in [2.24, 2.45) is 0 Å². The van der Waals surface area contributed by atoms with Gasteiger partial charge in [0.25, 0.3) is 23.4 Å². The second-order valence-electron chi connectivity index (χ2n) is 5.30. The summed E-state index contributed by atoms with van der Waals surface area (Å²) in [6.45, 7) is 0. The van der Waals surface area contributed by atoms with Crippen LogP contribution in [0.25, 0.3) is 0 Å². The van der Waals surface area contributed by atoms with Crippen LogP contribution in [0.1, 0.15) is 31.1 Å². The first-order valence-corrected chi connectivity index (χ1v) is 7.01. The fourth-order valence-corrected chi connectivity index (χ4v) is 2.49. The molecule has 0 fully saturated rings. The van der Waals surface area contributed by atoms with Crippen LogP contribution in [0.2, 0.25) is 0 Å². The summed E-state index contributed by atoms with van der Waals surface area (Å²) in [6.07, 6.45) is 0. The lowest BCUT2D eigenvalue weighted by atomic mass is 10.1. The van der Waals surface area contributed by atoms with E-state index in [0.717, 1.165) is 23.1 Å². The summed E-state index contributed by atoms with van der Waals surface area (Å²) in [5.41, 5.74) is -0.545. The highest BCUT2D eigenvalue weighted by molar-refractivity contribution is 6.21. The minimum Gasteiger partial charge on any atom is -0.322 e. The molecule has 3 amide bonds. The highest BCUT2D eigenvalue weighted by Gasteiger charge is 2.33. The van der Waals surface area contributed by atoms with Crippen LogP contribution in [0.15, 0.2) is 36.4 Å². The van der Waals surface area contributed by atoms with Gasteiger partial charge in [-0.05, 0) is 30.3 Å². The Morgan fingerprint density at radius 1 is 1.12 bits per heavy atom. The Balaban J connectivity index is 1.94. The van der Waals surface area contributed by atoms with E-state index in [-0.39, 0.29) is 16.8 Å². The van der Waals surface area contributed by atoms with Crippen LogP contribution in [0.5, 0.6) is 0 Å². The Morgan fingerprint density at radius 2 is 1.80 bits per heavy atom. The molecule has 8 nitrogen and oxygen atoms in total. The van der Waals surface area contributed by atoms with Crippen LogP contribution in [-0.4, -0.2) is 34.6 Å². The monoisotopic (exact) mass is 343 g/mol. The summed E-state index contributed by atoms with van der Waals surface area (Å²) < 4.78 is 13.3. The SMILES string of the molecule is CN1C(=O)c2ccc(NC(=O)c3cc(F)ccc3[N+](=O)[O-])cc2C1=O. The molecule has 0 unspecified atom stereocenters. The number of carbonyl (C=O) groups excluding carboxylic acids is 3. The second-order valence-corrected chi connectivity index (χ2v) is 5.30. The maximum Gasteiger partial charge on any atom is 0.282 e. The smallest absolute Gasteiger partial charge is 0.282 e. The first kappa shape index (κ1) is 16.2. The molecule has 1 aliphatic heterocycles. The Bertz CT molecular complexity index is 957. The van der Waals surface area contributed by atoms with Gasteiger partial charge in [0.15, 0.2) is 0 Å². The van der Waals surface area contributed by atoms with Crippen molar-refractivity contribution in [2.45, 2.75) is 0 Å². The summed E-state index contributed by atoms with van der Waals surface area (Å²) in [6, 6.07) is 6.57. The van der Waals surface area contributed by atoms with Gasteiger partial charge in [0.1, 0.15) is 11.4 Å². The lowest BCUT2D eigenvalue weighted by molar-refractivity contribution is -0.385. The van der Waals surface area contributed by atoms with Crippen molar-refractivity contribution in [3.8, 4) is 0 Å². The Labute approximate surface area is 140 Å². The molecule has 1 aliphatic rings. The summed E-state index contributed by atoms with van der Waals surface area (Å²) in [4.78, 5) is 47.1. The third-order valence-corrected chi connectivity index (χ3v) is 3.75. The van der Waals surface area contributed by atoms with Crippen LogP contribution >= 0.6 is 0 Å². The number of fused-ring (bicyclic) bond motifs is 1. The molecule has 2 aromatic rings. The van der Waals surface area contributed by atoms with E-state index in [1.807, 2.05) is 0 Å². The number of rotatable bonds is 3. The number of hydrogen-bond acceptors (Lipinski definition) is 5. The number of nitrogens with one attached hydrogen (secondary N) is 1. The molecule has 9 heteroatoms. The summed E-state index contributed by atoms with van der Waals surface area (Å²) >= 11 is 0. The molecule has 1 N–H and O–H groups in total. The van der Waals surface area contributed by atoms with Gasteiger partial charge in [-0.3, -0.25) is 29.4 Å². The molecule has 0 radical (unpaired) electrons. The Hall–Kier alpha value is -3.62. The number of halogens is 1. The zero-order valence-electron chi connectivity index (χ0n) is 12.8. The van der Waals surface area contributed by atoms with E-state index in [1.165, 1.54) is 25.2 Å². The molecule has 0 bridgehead atoms. The predicted molar refractivity (Wildman–Crippen MR) is 83.9 cm³/mol. The molecular weight excluding hydrogens is 333 g/mol. The predicted octanol–water partition coefficient (Wildman–Crippen LogP) is 2.21. The van der Waals surface area contributed by atoms with Gasteiger partial charge in [0.2, 0.25) is 0 Å². The van der Waals surface area contributed by atoms with Crippen molar-refractivity contribution in [2.75, 3.05) is 12.4 Å². The van der Waals surface area contributed by atoms with Crippen molar-refractivity contribution in [1.29, 1.82) is 0 Å². The maximum atomic E-state index is 13.3. The fraction of sp³-hybridized carbons (Fsp3) is 0.0625. The van der Waals surface area contributed by atoms with Crippen molar-refractivity contribution in [1.82, 2.24) is 4.90 Å². The summed E-state index contributed by atoms with van der Waals surface area (Å²) in [5.74, 6) is -2.69. The van der Waals surface area contributed by atoms with Gasteiger partial charge in [-0.2, -0.15) is 0 Å². The Kier molecular flexibility index (Phi) is 3.76. The third-order valence-electron chi connectivity index (χ3n) is 3.75. The lowest BCUT2D eigenvalue weighted by Gasteiger charge is -2.07. The van der Waals surface area contributed by atoms with E-state index < -0.39 is 39.7 Å². The fourth-order valence-electron chi connectivity index (χ4n) is 2.49. The van der Waals surface area contributed by atoms with Crippen LogP contribution in [-0.2, 0) is 0 Å². The van der Waals surface area contributed by atoms with Crippen molar-refractivity contribution >= 4 is 29.1 Å². The quantitative estimate of drug-likeness (QED) is 0.522. The number of imide groups is 1. The van der Waals surface area contributed by atoms with Crippen LogP contribution in [0, 0.1) is 15.9 Å². The largest absolute Gasteiger partial charge is 0.322 e. The van der Waals surface area contributed by atoms with Gasteiger partial charge in [0, 0.05) is 18.8 Å². The van der Waals surface area contributed by atoms with E-state index in [2.05, 4.69) is 5.32 Å². The molecule has 0 saturated carbocycles. The molecule has 0 aliphatic carbocycles. The molecule has 3 rings (SSSR count). The minimum absolute atomic E-state index is 0.110. The molecule has 0 atom stereocenters. The lowest BCUT2D eigenvalue weighted by Crippen LogP contribution is -2.24. The molecule has 25 heavy (non-hydrogen) atoms. The average Bonchev–Trinajstić information content (AvgIpc) is 2.79. The van der Waals surface area contributed by atoms with E-state index in [4.69, 9.17) is 0 Å². The van der Waals surface area contributed by atoms with Gasteiger partial charge in [-0.15, -0.1) is 0 Å². The van der Waals surface area contributed by atoms with Crippen molar-refractivity contribution < 1.29 is 23.7 Å². The molecule has 0 spiro atoms. The van der Waals surface area contributed by atoms with Crippen LogP contribution in [0.3, 0.4) is 0 Å². The van der Waals surface area contributed by atoms with E-state index in [0.29, 0.717) is 0 Å². The number of benzene rings is 2. The zero-order valence-corrected chi connectivity index (χ0v) is 12.8. The number of hydrogen-bond donors (Lipinski definition) is 1. The molecule has 0 aromatic heterocycles. The first-order valence-electron chi connectivity index (χ1n) is 7.01. The highest BCUT2D eigenvalue weighted by atomic mass is 19.1. The summed E-state index contributed by atoms with van der Waals surface area (Å²) in [5, 5.41) is 13.3. The van der Waals surface area contributed by atoms with Gasteiger partial charge >= 0.3 is 0 Å². The Morgan fingerprint density at radius 3 is 2.48 bits per heavy atom. The zero-order chi connectivity index (χ0) is 18.3. The van der Waals surface area contributed by atoms with Gasteiger partial charge in [0.05, 0.1) is 16.1 Å². The molecule has 126 valence electrons. The number of anilines is 1. The number of nitro benzene ring substituents is 1. The highest BCUT2D eigenvalue weighted by Crippen LogP contribution is 2.26.